The summed E-state index contributed by atoms with van der Waals surface area (Å²) in [4.78, 5) is 5.00. The van der Waals surface area contributed by atoms with Gasteiger partial charge in [-0.2, -0.15) is 0 Å². The topological polar surface area (TPSA) is 33.1 Å². The van der Waals surface area contributed by atoms with E-state index in [9.17, 15) is 5.11 Å². The van der Waals surface area contributed by atoms with E-state index < -0.39 is 5.60 Å². The summed E-state index contributed by atoms with van der Waals surface area (Å²) in [5.74, 6) is 0.564. The van der Waals surface area contributed by atoms with Crippen LogP contribution < -0.4 is 0 Å². The van der Waals surface area contributed by atoms with Crippen molar-refractivity contribution in [1.82, 2.24) is 4.98 Å². The monoisotopic (exact) mass is 383 g/mol. The van der Waals surface area contributed by atoms with Gasteiger partial charge in [-0.15, -0.1) is 0 Å². The molecule has 0 radical (unpaired) electrons. The van der Waals surface area contributed by atoms with Crippen molar-refractivity contribution in [3.05, 3.63) is 78.4 Å². The van der Waals surface area contributed by atoms with Gasteiger partial charge in [0.1, 0.15) is 5.60 Å². The first-order valence-corrected chi connectivity index (χ1v) is 10.7. The number of hydrogen-bond acceptors (Lipinski definition) is 2. The molecule has 2 aliphatic carbocycles. The van der Waals surface area contributed by atoms with Crippen molar-refractivity contribution in [3.63, 3.8) is 0 Å². The van der Waals surface area contributed by atoms with E-state index in [2.05, 4.69) is 75.4 Å². The number of pyridine rings is 1. The number of nitrogens with zero attached hydrogens (tertiary/aromatic N) is 1. The van der Waals surface area contributed by atoms with E-state index in [1.165, 1.54) is 6.42 Å². The number of aliphatic hydroxyl groups is 1. The molecule has 3 aromatic rings. The van der Waals surface area contributed by atoms with Crippen molar-refractivity contribution in [3.8, 4) is 22.5 Å². The van der Waals surface area contributed by atoms with Crippen LogP contribution in [-0.2, 0) is 5.60 Å². The number of hydrogen-bond donors (Lipinski definition) is 1. The van der Waals surface area contributed by atoms with Gasteiger partial charge in [0.05, 0.1) is 11.4 Å². The summed E-state index contributed by atoms with van der Waals surface area (Å²) in [5.41, 5.74) is 3.98. The molecule has 2 aromatic carbocycles. The Bertz CT molecular complexity index is 1050. The van der Waals surface area contributed by atoms with Crippen molar-refractivity contribution in [1.29, 1.82) is 0 Å². The van der Waals surface area contributed by atoms with Crippen LogP contribution >= 0.6 is 0 Å². The molecule has 3 atom stereocenters. The fourth-order valence-corrected chi connectivity index (χ4v) is 6.31. The Labute approximate surface area is 173 Å². The molecule has 148 valence electrons. The van der Waals surface area contributed by atoms with Gasteiger partial charge >= 0.3 is 0 Å². The van der Waals surface area contributed by atoms with Crippen molar-refractivity contribution in [2.75, 3.05) is 0 Å². The van der Waals surface area contributed by atoms with Gasteiger partial charge in [-0.3, -0.25) is 0 Å². The third-order valence-corrected chi connectivity index (χ3v) is 7.98. The molecular weight excluding hydrogens is 354 g/mol. The summed E-state index contributed by atoms with van der Waals surface area (Å²) < 4.78 is 0. The maximum Gasteiger partial charge on any atom is 0.101 e. The van der Waals surface area contributed by atoms with E-state index in [-0.39, 0.29) is 10.8 Å². The zero-order valence-corrected chi connectivity index (χ0v) is 17.5. The van der Waals surface area contributed by atoms with Crippen LogP contribution in [0.1, 0.15) is 45.6 Å². The second kappa shape index (κ2) is 6.27. The van der Waals surface area contributed by atoms with Crippen LogP contribution in [0.4, 0.5) is 0 Å². The molecule has 0 amide bonds. The van der Waals surface area contributed by atoms with Crippen LogP contribution in [0.25, 0.3) is 22.5 Å². The molecule has 1 heterocycles. The molecule has 2 nitrogen and oxygen atoms in total. The minimum absolute atomic E-state index is 0.0890. The molecule has 29 heavy (non-hydrogen) atoms. The quantitative estimate of drug-likeness (QED) is 0.564. The van der Waals surface area contributed by atoms with Crippen LogP contribution in [0.5, 0.6) is 0 Å². The first kappa shape index (κ1) is 18.6. The highest BCUT2D eigenvalue weighted by Crippen LogP contribution is 2.72. The lowest BCUT2D eigenvalue weighted by molar-refractivity contribution is -0.150. The smallest absolute Gasteiger partial charge is 0.101 e. The van der Waals surface area contributed by atoms with Gasteiger partial charge in [0.25, 0.3) is 0 Å². The first-order valence-electron chi connectivity index (χ1n) is 10.7. The summed E-state index contributed by atoms with van der Waals surface area (Å²) in [6, 6.07) is 24.8. The first-order chi connectivity index (χ1) is 13.9. The highest BCUT2D eigenvalue weighted by molar-refractivity contribution is 5.70. The highest BCUT2D eigenvalue weighted by atomic mass is 16.3. The minimum Gasteiger partial charge on any atom is -0.384 e. The summed E-state index contributed by atoms with van der Waals surface area (Å²) in [6.45, 7) is 6.80. The molecular formula is C27H29NO. The molecule has 2 fully saturated rings. The summed E-state index contributed by atoms with van der Waals surface area (Å²) in [6.07, 6.45) is 3.40. The van der Waals surface area contributed by atoms with Crippen molar-refractivity contribution in [2.45, 2.75) is 45.6 Å². The fourth-order valence-electron chi connectivity index (χ4n) is 6.31. The fraction of sp³-hybridized carbons (Fsp3) is 0.370. The summed E-state index contributed by atoms with van der Waals surface area (Å²) in [5, 5.41) is 12.3. The third kappa shape index (κ3) is 2.48. The van der Waals surface area contributed by atoms with E-state index in [1.54, 1.807) is 0 Å². The van der Waals surface area contributed by atoms with Crippen molar-refractivity contribution < 1.29 is 5.11 Å². The predicted molar refractivity (Wildman–Crippen MR) is 118 cm³/mol. The molecule has 2 saturated carbocycles. The molecule has 2 aliphatic rings. The highest BCUT2D eigenvalue weighted by Gasteiger charge is 2.69. The molecule has 2 bridgehead atoms. The van der Waals surface area contributed by atoms with E-state index in [0.717, 1.165) is 40.9 Å². The molecule has 0 saturated heterocycles. The van der Waals surface area contributed by atoms with Crippen LogP contribution in [0.2, 0.25) is 0 Å². The largest absolute Gasteiger partial charge is 0.384 e. The number of aromatic nitrogens is 1. The normalized spacial score (nSPS) is 29.9. The van der Waals surface area contributed by atoms with E-state index >= 15 is 0 Å². The van der Waals surface area contributed by atoms with Crippen LogP contribution in [0, 0.1) is 16.7 Å². The van der Waals surface area contributed by atoms with Crippen molar-refractivity contribution >= 4 is 0 Å². The van der Waals surface area contributed by atoms with Crippen LogP contribution in [-0.4, -0.2) is 10.1 Å². The average molecular weight is 384 g/mol. The van der Waals surface area contributed by atoms with Gasteiger partial charge < -0.3 is 5.11 Å². The second-order valence-electron chi connectivity index (χ2n) is 9.75. The molecule has 1 aromatic heterocycles. The Morgan fingerprint density at radius 1 is 0.828 bits per heavy atom. The molecule has 2 heteroatoms. The van der Waals surface area contributed by atoms with Gasteiger partial charge in [-0.25, -0.2) is 4.98 Å². The SMILES string of the molecule is CC1(C)[C@@H]2CC[C@@](C)(C2)C1(O)c1ccccc1-c1cccc(-c2ccccc2)n1. The summed E-state index contributed by atoms with van der Waals surface area (Å²) in [7, 11) is 0. The van der Waals surface area contributed by atoms with Gasteiger partial charge in [0.15, 0.2) is 0 Å². The number of benzene rings is 2. The predicted octanol–water partition coefficient (Wildman–Crippen LogP) is 6.45. The maximum absolute atomic E-state index is 12.3. The third-order valence-electron chi connectivity index (χ3n) is 7.98. The lowest BCUT2D eigenvalue weighted by atomic mass is 9.57. The Morgan fingerprint density at radius 3 is 2.24 bits per heavy atom. The summed E-state index contributed by atoms with van der Waals surface area (Å²) >= 11 is 0. The number of rotatable bonds is 3. The zero-order chi connectivity index (χ0) is 20.3. The van der Waals surface area contributed by atoms with Gasteiger partial charge in [0.2, 0.25) is 0 Å². The Morgan fingerprint density at radius 2 is 1.52 bits per heavy atom. The number of fused-ring (bicyclic) bond motifs is 2. The lowest BCUT2D eigenvalue weighted by Gasteiger charge is -2.51. The molecule has 1 N–H and O–H groups in total. The standard InChI is InChI=1S/C27H29NO/c1-25(2)20-16-17-26(3,18-20)27(25,29)22-13-8-7-12-21(22)24-15-9-14-23(28-24)19-10-5-4-6-11-19/h4-15,20,29H,16-18H2,1-3H3/t20-,26+,27?/m1/s1. The Balaban J connectivity index is 1.67. The van der Waals surface area contributed by atoms with Gasteiger partial charge in [0, 0.05) is 22.0 Å². The minimum atomic E-state index is -0.857. The van der Waals surface area contributed by atoms with Gasteiger partial charge in [-0.05, 0) is 42.9 Å². The Kier molecular flexibility index (Phi) is 4.02. The van der Waals surface area contributed by atoms with Gasteiger partial charge in [-0.1, -0.05) is 81.4 Å². The maximum atomic E-state index is 12.3. The molecule has 5 rings (SSSR count). The molecule has 0 spiro atoms. The van der Waals surface area contributed by atoms with Crippen molar-refractivity contribution in [2.24, 2.45) is 16.7 Å². The van der Waals surface area contributed by atoms with Crippen LogP contribution in [0.3, 0.4) is 0 Å². The molecule has 1 unspecified atom stereocenters. The van der Waals surface area contributed by atoms with E-state index in [4.69, 9.17) is 4.98 Å². The van der Waals surface area contributed by atoms with Crippen LogP contribution in [0.15, 0.2) is 72.8 Å². The Hall–Kier alpha value is -2.45. The zero-order valence-electron chi connectivity index (χ0n) is 17.5. The second-order valence-corrected chi connectivity index (χ2v) is 9.75. The lowest BCUT2D eigenvalue weighted by Crippen LogP contribution is -2.51. The van der Waals surface area contributed by atoms with E-state index in [0.29, 0.717) is 5.92 Å². The molecule has 0 aliphatic heterocycles. The van der Waals surface area contributed by atoms with E-state index in [1.807, 2.05) is 18.2 Å². The average Bonchev–Trinajstić information content (AvgIpc) is 3.23.